The second-order valence-electron chi connectivity index (χ2n) is 9.47. The van der Waals surface area contributed by atoms with E-state index in [1.807, 2.05) is 6.92 Å². The van der Waals surface area contributed by atoms with E-state index < -0.39 is 5.97 Å². The number of benzene rings is 1. The van der Waals surface area contributed by atoms with Gasteiger partial charge >= 0.3 is 5.97 Å². The van der Waals surface area contributed by atoms with E-state index in [-0.39, 0.29) is 40.8 Å². The summed E-state index contributed by atoms with van der Waals surface area (Å²) in [6.45, 7) is 1.81. The number of hydrogen-bond donors (Lipinski definition) is 3. The number of amides is 2. The number of hydrogen-bond acceptors (Lipinski definition) is 5. The Morgan fingerprint density at radius 2 is 1.77 bits per heavy atom. The van der Waals surface area contributed by atoms with E-state index in [0.717, 1.165) is 42.4 Å². The first kappa shape index (κ1) is 23.0. The molecular weight excluding hydrogens is 446 g/mol. The Hall–Kier alpha value is -3.75. The highest BCUT2D eigenvalue weighted by molar-refractivity contribution is 5.98. The van der Waals surface area contributed by atoms with Gasteiger partial charge in [0.2, 0.25) is 0 Å². The lowest BCUT2D eigenvalue weighted by atomic mass is 9.98. The highest BCUT2D eigenvalue weighted by Gasteiger charge is 2.29. The molecule has 182 valence electrons. The third-order valence-corrected chi connectivity index (χ3v) is 7.24. The van der Waals surface area contributed by atoms with Crippen molar-refractivity contribution in [2.45, 2.75) is 70.4 Å². The first-order chi connectivity index (χ1) is 16.9. The molecule has 0 bridgehead atoms. The standard InChI is InChI=1S/C26H29N5O4/c1-15-17-10-11-20(19(17)9-8-18(15)26(34)35)30-25(33)22-14-21(29-23-12-13-27-31(22)23)24(32)28-16-6-4-2-3-5-7-16/h8-9,12-14,16,20H,2-7,10-11H2,1H3,(H,28,32)(H,30,33)(H,34,35)/t20-/m0/s1. The van der Waals surface area contributed by atoms with Gasteiger partial charge in [0, 0.05) is 18.2 Å². The number of nitrogens with one attached hydrogen (secondary N) is 2. The maximum atomic E-state index is 13.4. The monoisotopic (exact) mass is 475 g/mol. The summed E-state index contributed by atoms with van der Waals surface area (Å²) < 4.78 is 1.44. The molecule has 0 unspecified atom stereocenters. The fraction of sp³-hybridized carbons (Fsp3) is 0.423. The van der Waals surface area contributed by atoms with E-state index in [9.17, 15) is 19.5 Å². The topological polar surface area (TPSA) is 126 Å². The minimum absolute atomic E-state index is 0.124. The summed E-state index contributed by atoms with van der Waals surface area (Å²) in [5.41, 5.74) is 3.78. The summed E-state index contributed by atoms with van der Waals surface area (Å²) >= 11 is 0. The Kier molecular flexibility index (Phi) is 6.23. The van der Waals surface area contributed by atoms with Crippen LogP contribution in [0.15, 0.2) is 30.5 Å². The fourth-order valence-electron chi connectivity index (χ4n) is 5.37. The molecule has 1 fully saturated rings. The zero-order chi connectivity index (χ0) is 24.5. The molecule has 1 atom stereocenters. The summed E-state index contributed by atoms with van der Waals surface area (Å²) in [7, 11) is 0. The fourth-order valence-corrected chi connectivity index (χ4v) is 5.37. The SMILES string of the molecule is Cc1c(C(=O)O)ccc2c1CC[C@@H]2NC(=O)c1cc(C(=O)NC2CCCCCC2)nc2ccnn12. The summed E-state index contributed by atoms with van der Waals surface area (Å²) in [4.78, 5) is 42.3. The van der Waals surface area contributed by atoms with Crippen LogP contribution < -0.4 is 10.6 Å². The van der Waals surface area contributed by atoms with Crippen LogP contribution in [0.5, 0.6) is 0 Å². The zero-order valence-electron chi connectivity index (χ0n) is 19.7. The molecule has 0 radical (unpaired) electrons. The van der Waals surface area contributed by atoms with Gasteiger partial charge in [0.15, 0.2) is 5.65 Å². The number of nitrogens with zero attached hydrogens (tertiary/aromatic N) is 3. The third-order valence-electron chi connectivity index (χ3n) is 7.24. The molecule has 3 N–H and O–H groups in total. The van der Waals surface area contributed by atoms with Crippen LogP contribution in [0, 0.1) is 6.92 Å². The molecule has 0 saturated heterocycles. The lowest BCUT2D eigenvalue weighted by molar-refractivity contribution is 0.0695. The molecule has 5 rings (SSSR count). The van der Waals surface area contributed by atoms with Crippen molar-refractivity contribution in [1.82, 2.24) is 25.2 Å². The lowest BCUT2D eigenvalue weighted by Crippen LogP contribution is -2.35. The van der Waals surface area contributed by atoms with Crippen LogP contribution >= 0.6 is 0 Å². The maximum absolute atomic E-state index is 13.4. The van der Waals surface area contributed by atoms with E-state index in [2.05, 4.69) is 20.7 Å². The number of carboxylic acids is 1. The average molecular weight is 476 g/mol. The highest BCUT2D eigenvalue weighted by Crippen LogP contribution is 2.35. The number of rotatable bonds is 5. The van der Waals surface area contributed by atoms with E-state index in [1.165, 1.54) is 23.4 Å². The van der Waals surface area contributed by atoms with Crippen molar-refractivity contribution < 1.29 is 19.5 Å². The van der Waals surface area contributed by atoms with Crippen LogP contribution in [0.4, 0.5) is 0 Å². The number of aromatic nitrogens is 3. The molecule has 9 heteroatoms. The predicted molar refractivity (Wildman–Crippen MR) is 129 cm³/mol. The van der Waals surface area contributed by atoms with E-state index in [1.54, 1.807) is 24.4 Å². The van der Waals surface area contributed by atoms with Crippen LogP contribution in [-0.4, -0.2) is 43.5 Å². The Morgan fingerprint density at radius 1 is 1.00 bits per heavy atom. The molecular formula is C26H29N5O4. The maximum Gasteiger partial charge on any atom is 0.335 e. The van der Waals surface area contributed by atoms with Gasteiger partial charge in [-0.05, 0) is 55.4 Å². The van der Waals surface area contributed by atoms with Crippen LogP contribution in [0.2, 0.25) is 0 Å². The van der Waals surface area contributed by atoms with Crippen molar-refractivity contribution >= 4 is 23.4 Å². The Balaban J connectivity index is 1.39. The van der Waals surface area contributed by atoms with Crippen LogP contribution in [0.3, 0.4) is 0 Å². The molecule has 35 heavy (non-hydrogen) atoms. The molecule has 9 nitrogen and oxygen atoms in total. The van der Waals surface area contributed by atoms with E-state index >= 15 is 0 Å². The Labute approximate surface area is 202 Å². The number of aromatic carboxylic acids is 1. The van der Waals surface area contributed by atoms with Crippen molar-refractivity contribution in [1.29, 1.82) is 0 Å². The van der Waals surface area contributed by atoms with Crippen molar-refractivity contribution in [3.8, 4) is 0 Å². The normalized spacial score (nSPS) is 18.1. The van der Waals surface area contributed by atoms with Crippen LogP contribution in [-0.2, 0) is 6.42 Å². The third kappa shape index (κ3) is 4.50. The van der Waals surface area contributed by atoms with Gasteiger partial charge in [0.05, 0.1) is 17.8 Å². The van der Waals surface area contributed by atoms with Crippen molar-refractivity contribution in [2.24, 2.45) is 0 Å². The lowest BCUT2D eigenvalue weighted by Gasteiger charge is -2.17. The summed E-state index contributed by atoms with van der Waals surface area (Å²) in [6.07, 6.45) is 9.41. The smallest absolute Gasteiger partial charge is 0.335 e. The van der Waals surface area contributed by atoms with Crippen molar-refractivity contribution in [3.05, 3.63) is 64.1 Å². The van der Waals surface area contributed by atoms with Gasteiger partial charge < -0.3 is 15.7 Å². The Morgan fingerprint density at radius 3 is 2.51 bits per heavy atom. The molecule has 1 aromatic carbocycles. The highest BCUT2D eigenvalue weighted by atomic mass is 16.4. The van der Waals surface area contributed by atoms with Gasteiger partial charge in [-0.2, -0.15) is 5.10 Å². The van der Waals surface area contributed by atoms with Crippen LogP contribution in [0.25, 0.3) is 5.65 Å². The van der Waals surface area contributed by atoms with Crippen LogP contribution in [0.1, 0.15) is 99.0 Å². The summed E-state index contributed by atoms with van der Waals surface area (Å²) in [6, 6.07) is 6.41. The average Bonchev–Trinajstić information content (AvgIpc) is 3.39. The molecule has 1 saturated carbocycles. The first-order valence-electron chi connectivity index (χ1n) is 12.2. The van der Waals surface area contributed by atoms with Crippen molar-refractivity contribution in [3.63, 3.8) is 0 Å². The zero-order valence-corrected chi connectivity index (χ0v) is 19.7. The second kappa shape index (κ2) is 9.48. The van der Waals surface area contributed by atoms with E-state index in [4.69, 9.17) is 0 Å². The second-order valence-corrected chi connectivity index (χ2v) is 9.47. The van der Waals surface area contributed by atoms with Gasteiger partial charge in [-0.25, -0.2) is 14.3 Å². The quantitative estimate of drug-likeness (QED) is 0.484. The molecule has 0 spiro atoms. The molecule has 0 aliphatic heterocycles. The van der Waals surface area contributed by atoms with Crippen molar-refractivity contribution in [2.75, 3.05) is 0 Å². The molecule has 3 aromatic rings. The van der Waals surface area contributed by atoms with E-state index in [0.29, 0.717) is 18.5 Å². The largest absolute Gasteiger partial charge is 0.478 e. The molecule has 2 aliphatic carbocycles. The van der Waals surface area contributed by atoms with Gasteiger partial charge in [0.1, 0.15) is 11.4 Å². The molecule has 2 aliphatic rings. The minimum Gasteiger partial charge on any atom is -0.478 e. The summed E-state index contributed by atoms with van der Waals surface area (Å²) in [5.74, 6) is -1.59. The minimum atomic E-state index is -0.953. The van der Waals surface area contributed by atoms with Gasteiger partial charge in [-0.15, -0.1) is 0 Å². The molecule has 2 aromatic heterocycles. The number of carbonyl (C=O) groups excluding carboxylic acids is 2. The molecule has 2 heterocycles. The predicted octanol–water partition coefficient (Wildman–Crippen LogP) is 3.61. The number of carbonyl (C=O) groups is 3. The first-order valence-corrected chi connectivity index (χ1v) is 12.2. The number of fused-ring (bicyclic) bond motifs is 2. The summed E-state index contributed by atoms with van der Waals surface area (Å²) in [5, 5.41) is 19.8. The van der Waals surface area contributed by atoms with Gasteiger partial charge in [-0.3, -0.25) is 9.59 Å². The number of carboxylic acid groups (broad SMARTS) is 1. The van der Waals surface area contributed by atoms with Gasteiger partial charge in [0.25, 0.3) is 11.8 Å². The molecule has 2 amide bonds. The van der Waals surface area contributed by atoms with Gasteiger partial charge in [-0.1, -0.05) is 31.7 Å². The Bertz CT molecular complexity index is 1310.